The van der Waals surface area contributed by atoms with Crippen LogP contribution in [0, 0.1) is 5.82 Å². The van der Waals surface area contributed by atoms with Crippen molar-refractivity contribution in [3.8, 4) is 5.75 Å². The van der Waals surface area contributed by atoms with E-state index in [1.807, 2.05) is 37.3 Å². The van der Waals surface area contributed by atoms with Gasteiger partial charge in [-0.25, -0.2) is 4.39 Å². The Morgan fingerprint density at radius 2 is 1.89 bits per heavy atom. The molecule has 0 amide bonds. The molecule has 0 heterocycles. The summed E-state index contributed by atoms with van der Waals surface area (Å²) in [5.74, 6) is -0.121. The zero-order valence-corrected chi connectivity index (χ0v) is 10.3. The molecule has 2 rings (SSSR count). The fraction of sp³-hybridized carbons (Fsp3) is 0.200. The lowest BCUT2D eigenvalue weighted by Gasteiger charge is -2.10. The van der Waals surface area contributed by atoms with Gasteiger partial charge in [0, 0.05) is 6.04 Å². The van der Waals surface area contributed by atoms with Crippen LogP contribution in [0.2, 0.25) is 0 Å². The largest absolute Gasteiger partial charge is 0.486 e. The zero-order valence-electron chi connectivity index (χ0n) is 10.3. The minimum absolute atomic E-state index is 0.178. The monoisotopic (exact) mass is 245 g/mol. The van der Waals surface area contributed by atoms with E-state index in [9.17, 15) is 4.39 Å². The van der Waals surface area contributed by atoms with E-state index in [-0.39, 0.29) is 17.6 Å². The molecule has 0 saturated heterocycles. The molecule has 3 heteroatoms. The third-order valence-corrected chi connectivity index (χ3v) is 2.72. The van der Waals surface area contributed by atoms with Crippen molar-refractivity contribution < 1.29 is 9.13 Å². The SMILES string of the molecule is CC(N)c1ccc(OCc2ccccc2)c(F)c1. The van der Waals surface area contributed by atoms with E-state index < -0.39 is 0 Å². The molecule has 0 fully saturated rings. The van der Waals surface area contributed by atoms with Gasteiger partial charge in [-0.15, -0.1) is 0 Å². The predicted octanol–water partition coefficient (Wildman–Crippen LogP) is 3.42. The summed E-state index contributed by atoms with van der Waals surface area (Å²) in [5, 5.41) is 0. The Labute approximate surface area is 106 Å². The van der Waals surface area contributed by atoms with Crippen LogP contribution in [0.5, 0.6) is 5.75 Å². The highest BCUT2D eigenvalue weighted by Crippen LogP contribution is 2.22. The van der Waals surface area contributed by atoms with Gasteiger partial charge >= 0.3 is 0 Å². The average Bonchev–Trinajstić information content (AvgIpc) is 2.38. The number of hydrogen-bond donors (Lipinski definition) is 1. The third-order valence-electron chi connectivity index (χ3n) is 2.72. The number of halogens is 1. The molecule has 0 aliphatic rings. The van der Waals surface area contributed by atoms with E-state index in [0.717, 1.165) is 11.1 Å². The van der Waals surface area contributed by atoms with Crippen LogP contribution in [-0.2, 0) is 6.61 Å². The lowest BCUT2D eigenvalue weighted by atomic mass is 10.1. The van der Waals surface area contributed by atoms with Gasteiger partial charge in [-0.05, 0) is 30.2 Å². The maximum Gasteiger partial charge on any atom is 0.165 e. The van der Waals surface area contributed by atoms with Crippen LogP contribution in [0.4, 0.5) is 4.39 Å². The average molecular weight is 245 g/mol. The molecular formula is C15H16FNO. The Hall–Kier alpha value is -1.87. The van der Waals surface area contributed by atoms with Crippen molar-refractivity contribution >= 4 is 0 Å². The van der Waals surface area contributed by atoms with Crippen LogP contribution >= 0.6 is 0 Å². The summed E-state index contributed by atoms with van der Waals surface area (Å²) in [7, 11) is 0. The normalized spacial score (nSPS) is 12.2. The molecule has 0 aliphatic carbocycles. The van der Waals surface area contributed by atoms with E-state index in [1.165, 1.54) is 6.07 Å². The molecule has 0 aliphatic heterocycles. The number of ether oxygens (including phenoxy) is 1. The van der Waals surface area contributed by atoms with Crippen LogP contribution in [0.25, 0.3) is 0 Å². The minimum atomic E-state index is -0.374. The van der Waals surface area contributed by atoms with E-state index >= 15 is 0 Å². The van der Waals surface area contributed by atoms with E-state index in [4.69, 9.17) is 10.5 Å². The molecule has 0 radical (unpaired) electrons. The number of benzene rings is 2. The first kappa shape index (κ1) is 12.6. The Balaban J connectivity index is 2.06. The molecular weight excluding hydrogens is 229 g/mol. The van der Waals surface area contributed by atoms with E-state index in [1.54, 1.807) is 12.1 Å². The predicted molar refractivity (Wildman–Crippen MR) is 69.8 cm³/mol. The number of nitrogens with two attached hydrogens (primary N) is 1. The van der Waals surface area contributed by atoms with Gasteiger partial charge in [0.15, 0.2) is 11.6 Å². The third kappa shape index (κ3) is 3.08. The van der Waals surface area contributed by atoms with Crippen molar-refractivity contribution in [1.29, 1.82) is 0 Å². The van der Waals surface area contributed by atoms with Crippen LogP contribution in [0.3, 0.4) is 0 Å². The highest BCUT2D eigenvalue weighted by Gasteiger charge is 2.07. The van der Waals surface area contributed by atoms with Crippen LogP contribution in [-0.4, -0.2) is 0 Å². The van der Waals surface area contributed by atoms with Gasteiger partial charge < -0.3 is 10.5 Å². The summed E-state index contributed by atoms with van der Waals surface area (Å²) in [4.78, 5) is 0. The quantitative estimate of drug-likeness (QED) is 0.895. The Bertz CT molecular complexity index is 511. The Morgan fingerprint density at radius 1 is 1.17 bits per heavy atom. The lowest BCUT2D eigenvalue weighted by Crippen LogP contribution is -2.06. The van der Waals surface area contributed by atoms with Crippen molar-refractivity contribution in [3.63, 3.8) is 0 Å². The van der Waals surface area contributed by atoms with Crippen LogP contribution in [0.1, 0.15) is 24.1 Å². The summed E-state index contributed by atoms with van der Waals surface area (Å²) >= 11 is 0. The second kappa shape index (κ2) is 5.65. The molecule has 2 nitrogen and oxygen atoms in total. The maximum atomic E-state index is 13.7. The highest BCUT2D eigenvalue weighted by atomic mass is 19.1. The van der Waals surface area contributed by atoms with Gasteiger partial charge in [-0.1, -0.05) is 36.4 Å². The summed E-state index contributed by atoms with van der Waals surface area (Å²) in [6, 6.07) is 14.3. The summed E-state index contributed by atoms with van der Waals surface area (Å²) in [6.07, 6.45) is 0. The van der Waals surface area contributed by atoms with E-state index in [2.05, 4.69) is 0 Å². The van der Waals surface area contributed by atoms with E-state index in [0.29, 0.717) is 6.61 Å². The van der Waals surface area contributed by atoms with Gasteiger partial charge in [0.25, 0.3) is 0 Å². The first-order valence-corrected chi connectivity index (χ1v) is 5.88. The summed E-state index contributed by atoms with van der Waals surface area (Å²) in [5.41, 5.74) is 7.46. The number of hydrogen-bond acceptors (Lipinski definition) is 2. The fourth-order valence-electron chi connectivity index (χ4n) is 1.65. The molecule has 0 bridgehead atoms. The Morgan fingerprint density at radius 3 is 2.50 bits per heavy atom. The summed E-state index contributed by atoms with van der Waals surface area (Å²) in [6.45, 7) is 2.18. The molecule has 18 heavy (non-hydrogen) atoms. The molecule has 2 aromatic rings. The van der Waals surface area contributed by atoms with Gasteiger partial charge in [-0.3, -0.25) is 0 Å². The molecule has 2 N–H and O–H groups in total. The highest BCUT2D eigenvalue weighted by molar-refractivity contribution is 5.31. The van der Waals surface area contributed by atoms with Gasteiger partial charge in [0.2, 0.25) is 0 Å². The molecule has 1 atom stereocenters. The first-order chi connectivity index (χ1) is 8.66. The van der Waals surface area contributed by atoms with Crippen LogP contribution in [0.15, 0.2) is 48.5 Å². The maximum absolute atomic E-state index is 13.7. The van der Waals surface area contributed by atoms with Gasteiger partial charge in [0.1, 0.15) is 6.61 Å². The Kier molecular flexibility index (Phi) is 3.95. The molecule has 0 aromatic heterocycles. The molecule has 94 valence electrons. The molecule has 0 spiro atoms. The van der Waals surface area contributed by atoms with Crippen molar-refractivity contribution in [2.45, 2.75) is 19.6 Å². The second-order valence-electron chi connectivity index (χ2n) is 4.25. The lowest BCUT2D eigenvalue weighted by molar-refractivity contribution is 0.290. The van der Waals surface area contributed by atoms with Crippen molar-refractivity contribution in [2.24, 2.45) is 5.73 Å². The minimum Gasteiger partial charge on any atom is -0.486 e. The first-order valence-electron chi connectivity index (χ1n) is 5.88. The standard InChI is InChI=1S/C15H16FNO/c1-11(17)13-7-8-15(14(16)9-13)18-10-12-5-3-2-4-6-12/h2-9,11H,10,17H2,1H3. The van der Waals surface area contributed by atoms with Gasteiger partial charge in [0.05, 0.1) is 0 Å². The topological polar surface area (TPSA) is 35.2 Å². The van der Waals surface area contributed by atoms with Crippen molar-refractivity contribution in [1.82, 2.24) is 0 Å². The molecule has 0 saturated carbocycles. The molecule has 1 unspecified atom stereocenters. The summed E-state index contributed by atoms with van der Waals surface area (Å²) < 4.78 is 19.2. The molecule has 2 aromatic carbocycles. The van der Waals surface area contributed by atoms with Crippen LogP contribution < -0.4 is 10.5 Å². The second-order valence-corrected chi connectivity index (χ2v) is 4.25. The van der Waals surface area contributed by atoms with Gasteiger partial charge in [-0.2, -0.15) is 0 Å². The zero-order chi connectivity index (χ0) is 13.0. The number of rotatable bonds is 4. The smallest absolute Gasteiger partial charge is 0.165 e. The van der Waals surface area contributed by atoms with Crippen molar-refractivity contribution in [2.75, 3.05) is 0 Å². The van der Waals surface area contributed by atoms with Crippen molar-refractivity contribution in [3.05, 3.63) is 65.5 Å². The fourth-order valence-corrected chi connectivity index (χ4v) is 1.65.